The SMILES string of the molecule is CC(CNC1=NCCS1)N1CCCCC1. The minimum atomic E-state index is 0.647. The molecule has 0 aromatic carbocycles. The van der Waals surface area contributed by atoms with E-state index in [-0.39, 0.29) is 0 Å². The highest BCUT2D eigenvalue weighted by Gasteiger charge is 2.17. The van der Waals surface area contributed by atoms with E-state index < -0.39 is 0 Å². The monoisotopic (exact) mass is 227 g/mol. The second kappa shape index (κ2) is 5.75. The highest BCUT2D eigenvalue weighted by atomic mass is 32.2. The molecule has 1 N–H and O–H groups in total. The average molecular weight is 227 g/mol. The predicted octanol–water partition coefficient (Wildman–Crippen LogP) is 1.55. The molecule has 2 aliphatic heterocycles. The topological polar surface area (TPSA) is 27.6 Å². The maximum Gasteiger partial charge on any atom is 0.156 e. The highest BCUT2D eigenvalue weighted by Crippen LogP contribution is 2.13. The minimum Gasteiger partial charge on any atom is -0.363 e. The van der Waals surface area contributed by atoms with Gasteiger partial charge in [-0.3, -0.25) is 9.89 Å². The van der Waals surface area contributed by atoms with Crippen LogP contribution in [0.1, 0.15) is 26.2 Å². The van der Waals surface area contributed by atoms with Gasteiger partial charge in [-0.2, -0.15) is 0 Å². The molecule has 0 saturated carbocycles. The Morgan fingerprint density at radius 1 is 1.40 bits per heavy atom. The Kier molecular flexibility index (Phi) is 4.32. The second-order valence-electron chi connectivity index (χ2n) is 4.36. The Balaban J connectivity index is 1.68. The van der Waals surface area contributed by atoms with Crippen molar-refractivity contribution < 1.29 is 0 Å². The molecule has 4 heteroatoms. The van der Waals surface area contributed by atoms with E-state index in [4.69, 9.17) is 0 Å². The fraction of sp³-hybridized carbons (Fsp3) is 0.909. The number of thioether (sulfide) groups is 1. The van der Waals surface area contributed by atoms with Crippen LogP contribution in [0.4, 0.5) is 0 Å². The van der Waals surface area contributed by atoms with E-state index in [1.165, 1.54) is 32.4 Å². The zero-order valence-electron chi connectivity index (χ0n) is 9.54. The van der Waals surface area contributed by atoms with Gasteiger partial charge in [-0.15, -0.1) is 0 Å². The number of likely N-dealkylation sites (tertiary alicyclic amines) is 1. The fourth-order valence-corrected chi connectivity index (χ4v) is 2.91. The number of amidine groups is 1. The Morgan fingerprint density at radius 3 is 2.87 bits per heavy atom. The number of nitrogens with zero attached hydrogens (tertiary/aromatic N) is 2. The van der Waals surface area contributed by atoms with Crippen molar-refractivity contribution in [2.24, 2.45) is 4.99 Å². The van der Waals surface area contributed by atoms with Gasteiger partial charge in [-0.1, -0.05) is 18.2 Å². The van der Waals surface area contributed by atoms with Crippen molar-refractivity contribution in [2.75, 3.05) is 31.9 Å². The van der Waals surface area contributed by atoms with Gasteiger partial charge in [0.1, 0.15) is 0 Å². The van der Waals surface area contributed by atoms with E-state index in [1.807, 2.05) is 11.8 Å². The summed E-state index contributed by atoms with van der Waals surface area (Å²) in [6.07, 6.45) is 4.17. The Morgan fingerprint density at radius 2 is 2.20 bits per heavy atom. The van der Waals surface area contributed by atoms with Gasteiger partial charge in [0, 0.05) is 18.3 Å². The number of nitrogens with one attached hydrogen (secondary N) is 1. The lowest BCUT2D eigenvalue weighted by molar-refractivity contribution is 0.175. The quantitative estimate of drug-likeness (QED) is 0.793. The zero-order valence-corrected chi connectivity index (χ0v) is 10.4. The van der Waals surface area contributed by atoms with Gasteiger partial charge in [0.2, 0.25) is 0 Å². The van der Waals surface area contributed by atoms with Crippen LogP contribution >= 0.6 is 11.8 Å². The van der Waals surface area contributed by atoms with Crippen molar-refractivity contribution in [3.05, 3.63) is 0 Å². The van der Waals surface area contributed by atoms with Gasteiger partial charge in [0.15, 0.2) is 5.17 Å². The van der Waals surface area contributed by atoms with Crippen molar-refractivity contribution in [1.82, 2.24) is 10.2 Å². The first-order chi connectivity index (χ1) is 7.36. The molecule has 2 aliphatic rings. The third kappa shape index (κ3) is 3.38. The number of aliphatic imine (C=N–C) groups is 1. The minimum absolute atomic E-state index is 0.647. The molecule has 0 aliphatic carbocycles. The normalized spacial score (nSPS) is 25.0. The largest absolute Gasteiger partial charge is 0.363 e. The van der Waals surface area contributed by atoms with E-state index in [9.17, 15) is 0 Å². The Bertz CT molecular complexity index is 224. The number of hydrogen-bond donors (Lipinski definition) is 1. The van der Waals surface area contributed by atoms with Crippen molar-refractivity contribution in [3.63, 3.8) is 0 Å². The lowest BCUT2D eigenvalue weighted by Gasteiger charge is -2.32. The van der Waals surface area contributed by atoms with E-state index in [0.29, 0.717) is 6.04 Å². The molecule has 2 heterocycles. The Labute approximate surface area is 96.7 Å². The van der Waals surface area contributed by atoms with Crippen LogP contribution in [0.25, 0.3) is 0 Å². The molecule has 1 atom stereocenters. The summed E-state index contributed by atoms with van der Waals surface area (Å²) in [5.74, 6) is 1.15. The molecule has 2 rings (SSSR count). The van der Waals surface area contributed by atoms with Crippen LogP contribution in [-0.2, 0) is 0 Å². The summed E-state index contributed by atoms with van der Waals surface area (Å²) in [4.78, 5) is 7.00. The summed E-state index contributed by atoms with van der Waals surface area (Å²) in [7, 11) is 0. The van der Waals surface area contributed by atoms with Crippen molar-refractivity contribution >= 4 is 16.9 Å². The van der Waals surface area contributed by atoms with Crippen LogP contribution in [0.5, 0.6) is 0 Å². The van der Waals surface area contributed by atoms with E-state index in [0.717, 1.165) is 24.0 Å². The third-order valence-corrected chi connectivity index (χ3v) is 4.08. The predicted molar refractivity (Wildman–Crippen MR) is 67.6 cm³/mol. The molecular weight excluding hydrogens is 206 g/mol. The molecule has 0 aromatic heterocycles. The Hall–Kier alpha value is -0.220. The molecule has 1 unspecified atom stereocenters. The van der Waals surface area contributed by atoms with Gasteiger partial charge in [-0.25, -0.2) is 0 Å². The van der Waals surface area contributed by atoms with E-state index in [2.05, 4.69) is 22.1 Å². The van der Waals surface area contributed by atoms with Crippen LogP contribution in [0.15, 0.2) is 4.99 Å². The lowest BCUT2D eigenvalue weighted by atomic mass is 10.1. The second-order valence-corrected chi connectivity index (χ2v) is 5.45. The molecule has 86 valence electrons. The molecular formula is C11H21N3S. The van der Waals surface area contributed by atoms with E-state index >= 15 is 0 Å². The fourth-order valence-electron chi connectivity index (χ4n) is 2.17. The van der Waals surface area contributed by atoms with Gasteiger partial charge >= 0.3 is 0 Å². The molecule has 0 spiro atoms. The van der Waals surface area contributed by atoms with E-state index in [1.54, 1.807) is 0 Å². The third-order valence-electron chi connectivity index (χ3n) is 3.15. The maximum atomic E-state index is 4.40. The molecule has 0 bridgehead atoms. The zero-order chi connectivity index (χ0) is 10.5. The highest BCUT2D eigenvalue weighted by molar-refractivity contribution is 8.14. The van der Waals surface area contributed by atoms with Crippen molar-refractivity contribution in [2.45, 2.75) is 32.2 Å². The standard InChI is InChI=1S/C11H21N3S/c1-10(14-6-3-2-4-7-14)9-13-11-12-5-8-15-11/h10H,2-9H2,1H3,(H,12,13). The van der Waals surface area contributed by atoms with Crippen molar-refractivity contribution in [1.29, 1.82) is 0 Å². The summed E-state index contributed by atoms with van der Waals surface area (Å²) in [5.41, 5.74) is 0. The number of piperidine rings is 1. The first-order valence-corrected chi connectivity index (χ1v) is 7.00. The summed E-state index contributed by atoms with van der Waals surface area (Å²) < 4.78 is 0. The molecule has 0 radical (unpaired) electrons. The van der Waals surface area contributed by atoms with Crippen LogP contribution in [0.2, 0.25) is 0 Å². The molecule has 0 amide bonds. The maximum absolute atomic E-state index is 4.40. The lowest BCUT2D eigenvalue weighted by Crippen LogP contribution is -2.43. The first-order valence-electron chi connectivity index (χ1n) is 6.01. The van der Waals surface area contributed by atoms with Gasteiger partial charge in [0.25, 0.3) is 0 Å². The number of hydrogen-bond acceptors (Lipinski definition) is 4. The molecule has 1 fully saturated rings. The van der Waals surface area contributed by atoms with Crippen LogP contribution < -0.4 is 5.32 Å². The summed E-state index contributed by atoms with van der Waals surface area (Å²) in [6.45, 7) is 6.92. The van der Waals surface area contributed by atoms with Gasteiger partial charge < -0.3 is 5.32 Å². The molecule has 15 heavy (non-hydrogen) atoms. The van der Waals surface area contributed by atoms with Gasteiger partial charge in [-0.05, 0) is 32.9 Å². The average Bonchev–Trinajstić information content (AvgIpc) is 2.80. The molecule has 1 saturated heterocycles. The summed E-state index contributed by atoms with van der Waals surface area (Å²) in [5, 5.41) is 4.60. The smallest absolute Gasteiger partial charge is 0.156 e. The summed E-state index contributed by atoms with van der Waals surface area (Å²) in [6, 6.07) is 0.647. The van der Waals surface area contributed by atoms with Crippen LogP contribution in [0, 0.1) is 0 Å². The molecule has 0 aromatic rings. The van der Waals surface area contributed by atoms with Crippen LogP contribution in [-0.4, -0.2) is 48.0 Å². The first kappa shape index (κ1) is 11.3. The number of rotatable bonds is 3. The van der Waals surface area contributed by atoms with Crippen LogP contribution in [0.3, 0.4) is 0 Å². The summed E-state index contributed by atoms with van der Waals surface area (Å²) >= 11 is 1.85. The van der Waals surface area contributed by atoms with Crippen molar-refractivity contribution in [3.8, 4) is 0 Å². The molecule has 3 nitrogen and oxygen atoms in total. The van der Waals surface area contributed by atoms with Gasteiger partial charge in [0.05, 0.1) is 6.54 Å².